The Morgan fingerprint density at radius 3 is 2.61 bits per heavy atom. The number of para-hydroxylation sites is 1. The van der Waals surface area contributed by atoms with Crippen LogP contribution in [0.4, 0.5) is 0 Å². The number of aromatic nitrogens is 3. The molecule has 3 aromatic rings. The molecule has 2 aromatic carbocycles. The summed E-state index contributed by atoms with van der Waals surface area (Å²) < 4.78 is 7.42. The lowest BCUT2D eigenvalue weighted by Gasteiger charge is -2.14. The van der Waals surface area contributed by atoms with Crippen molar-refractivity contribution < 1.29 is 4.74 Å². The second-order valence-corrected chi connectivity index (χ2v) is 6.10. The van der Waals surface area contributed by atoms with E-state index in [1.807, 2.05) is 37.3 Å². The number of nitrogens with one attached hydrogen (secondary N) is 2. The van der Waals surface area contributed by atoms with Crippen LogP contribution in [0.25, 0.3) is 5.69 Å². The molecule has 0 radical (unpaired) electrons. The lowest BCUT2D eigenvalue weighted by Crippen LogP contribution is -2.36. The average molecular weight is 378 g/mol. The lowest BCUT2D eigenvalue weighted by molar-refractivity contribution is 0.336. The first kappa shape index (κ1) is 19.4. The smallest absolute Gasteiger partial charge is 0.191 e. The van der Waals surface area contributed by atoms with Gasteiger partial charge in [0, 0.05) is 18.7 Å². The van der Waals surface area contributed by atoms with Crippen molar-refractivity contribution in [3.05, 3.63) is 72.3 Å². The predicted molar refractivity (Wildman–Crippen MR) is 111 cm³/mol. The molecule has 0 spiro atoms. The molecule has 0 saturated heterocycles. The van der Waals surface area contributed by atoms with Gasteiger partial charge in [0.25, 0.3) is 0 Å². The molecule has 3 rings (SSSR count). The molecule has 7 nitrogen and oxygen atoms in total. The summed E-state index contributed by atoms with van der Waals surface area (Å²) in [5, 5.41) is 10.8. The normalized spacial score (nSPS) is 11.3. The van der Waals surface area contributed by atoms with Gasteiger partial charge in [-0.3, -0.25) is 0 Å². The highest BCUT2D eigenvalue weighted by atomic mass is 16.5. The number of ether oxygens (including phenoxy) is 1. The molecule has 1 heterocycles. The van der Waals surface area contributed by atoms with E-state index in [0.717, 1.165) is 35.1 Å². The molecule has 0 aliphatic heterocycles. The van der Waals surface area contributed by atoms with Crippen molar-refractivity contribution in [2.75, 3.05) is 13.2 Å². The van der Waals surface area contributed by atoms with Gasteiger partial charge in [-0.2, -0.15) is 5.10 Å². The monoisotopic (exact) mass is 378 g/mol. The zero-order valence-corrected chi connectivity index (χ0v) is 16.3. The van der Waals surface area contributed by atoms with Gasteiger partial charge in [-0.05, 0) is 37.6 Å². The number of aliphatic imine (C=N–C) groups is 1. The highest BCUT2D eigenvalue weighted by Gasteiger charge is 2.04. The summed E-state index contributed by atoms with van der Waals surface area (Å²) in [6.07, 6.45) is 3.21. The Morgan fingerprint density at radius 1 is 1.07 bits per heavy atom. The maximum absolute atomic E-state index is 5.69. The van der Waals surface area contributed by atoms with Crippen molar-refractivity contribution in [2.45, 2.75) is 26.9 Å². The van der Waals surface area contributed by atoms with Crippen LogP contribution in [-0.2, 0) is 13.1 Å². The summed E-state index contributed by atoms with van der Waals surface area (Å²) in [5.74, 6) is 1.67. The van der Waals surface area contributed by atoms with Crippen molar-refractivity contribution in [2.24, 2.45) is 4.99 Å². The summed E-state index contributed by atoms with van der Waals surface area (Å²) in [6.45, 7) is 6.72. The third-order valence-corrected chi connectivity index (χ3v) is 4.10. The lowest BCUT2D eigenvalue weighted by atomic mass is 10.2. The van der Waals surface area contributed by atoms with E-state index in [4.69, 9.17) is 4.74 Å². The molecular formula is C21H26N6O. The third-order valence-electron chi connectivity index (χ3n) is 4.10. The molecular weight excluding hydrogens is 352 g/mol. The largest absolute Gasteiger partial charge is 0.494 e. The van der Waals surface area contributed by atoms with E-state index in [1.165, 1.54) is 6.33 Å². The van der Waals surface area contributed by atoms with Crippen LogP contribution in [0.5, 0.6) is 5.75 Å². The first-order valence-electron chi connectivity index (χ1n) is 9.47. The Bertz CT molecular complexity index is 874. The Morgan fingerprint density at radius 2 is 1.89 bits per heavy atom. The molecule has 0 unspecified atom stereocenters. The average Bonchev–Trinajstić information content (AvgIpc) is 3.26. The fourth-order valence-electron chi connectivity index (χ4n) is 2.73. The molecule has 0 amide bonds. The van der Waals surface area contributed by atoms with Gasteiger partial charge in [0.05, 0.1) is 18.8 Å². The summed E-state index contributed by atoms with van der Waals surface area (Å²) >= 11 is 0. The fraction of sp³-hybridized carbons (Fsp3) is 0.286. The Kier molecular flexibility index (Phi) is 7.01. The standard InChI is InChI=1S/C21H26N6O/c1-3-23-21(25-14-18-7-5-6-8-20(18)28-4-2)24-13-17-9-11-19(12-10-17)27-16-22-15-26-27/h5-12,15-16H,3-4,13-14H2,1-2H3,(H2,23,24,25). The van der Waals surface area contributed by atoms with Crippen molar-refractivity contribution in [1.82, 2.24) is 25.4 Å². The number of hydrogen-bond acceptors (Lipinski definition) is 4. The molecule has 0 saturated carbocycles. The van der Waals surface area contributed by atoms with Gasteiger partial charge in [0.2, 0.25) is 0 Å². The van der Waals surface area contributed by atoms with E-state index in [1.54, 1.807) is 11.0 Å². The zero-order valence-electron chi connectivity index (χ0n) is 16.3. The molecule has 7 heteroatoms. The molecule has 0 atom stereocenters. The molecule has 0 aliphatic carbocycles. The van der Waals surface area contributed by atoms with Crippen LogP contribution in [0.2, 0.25) is 0 Å². The molecule has 28 heavy (non-hydrogen) atoms. The predicted octanol–water partition coefficient (Wildman–Crippen LogP) is 2.92. The minimum Gasteiger partial charge on any atom is -0.494 e. The van der Waals surface area contributed by atoms with Crippen molar-refractivity contribution >= 4 is 5.96 Å². The van der Waals surface area contributed by atoms with E-state index in [2.05, 4.69) is 50.8 Å². The van der Waals surface area contributed by atoms with Gasteiger partial charge >= 0.3 is 0 Å². The third kappa shape index (κ3) is 5.33. The van der Waals surface area contributed by atoms with Gasteiger partial charge in [-0.15, -0.1) is 0 Å². The van der Waals surface area contributed by atoms with E-state index < -0.39 is 0 Å². The maximum Gasteiger partial charge on any atom is 0.191 e. The summed E-state index contributed by atoms with van der Waals surface area (Å²) in [5.41, 5.74) is 3.20. The highest BCUT2D eigenvalue weighted by molar-refractivity contribution is 5.79. The topological polar surface area (TPSA) is 76.4 Å². The Labute approximate surface area is 165 Å². The Balaban J connectivity index is 1.62. The number of benzene rings is 2. The minimum absolute atomic E-state index is 0.583. The molecule has 146 valence electrons. The van der Waals surface area contributed by atoms with Crippen LogP contribution in [-0.4, -0.2) is 33.9 Å². The van der Waals surface area contributed by atoms with Crippen LogP contribution >= 0.6 is 0 Å². The SMILES string of the molecule is CCNC(=NCc1ccc(-n2cncn2)cc1)NCc1ccccc1OCC. The van der Waals surface area contributed by atoms with E-state index in [0.29, 0.717) is 19.7 Å². The van der Waals surface area contributed by atoms with Gasteiger partial charge in [-0.25, -0.2) is 14.7 Å². The molecule has 0 fully saturated rings. The highest BCUT2D eigenvalue weighted by Crippen LogP contribution is 2.17. The van der Waals surface area contributed by atoms with Crippen molar-refractivity contribution in [3.8, 4) is 11.4 Å². The molecule has 0 aliphatic rings. The number of rotatable bonds is 8. The van der Waals surface area contributed by atoms with Gasteiger partial charge in [-0.1, -0.05) is 30.3 Å². The summed E-state index contributed by atoms with van der Waals surface area (Å²) in [7, 11) is 0. The van der Waals surface area contributed by atoms with E-state index >= 15 is 0 Å². The zero-order chi connectivity index (χ0) is 19.6. The van der Waals surface area contributed by atoms with Crippen LogP contribution < -0.4 is 15.4 Å². The van der Waals surface area contributed by atoms with Gasteiger partial charge < -0.3 is 15.4 Å². The molecule has 0 bridgehead atoms. The fourth-order valence-corrected chi connectivity index (χ4v) is 2.73. The van der Waals surface area contributed by atoms with Crippen LogP contribution in [0.15, 0.2) is 66.2 Å². The van der Waals surface area contributed by atoms with Crippen LogP contribution in [0.1, 0.15) is 25.0 Å². The second-order valence-electron chi connectivity index (χ2n) is 6.10. The quantitative estimate of drug-likeness (QED) is 0.466. The number of nitrogens with zero attached hydrogens (tertiary/aromatic N) is 4. The molecule has 1 aromatic heterocycles. The first-order valence-corrected chi connectivity index (χ1v) is 9.47. The maximum atomic E-state index is 5.69. The first-order chi connectivity index (χ1) is 13.8. The van der Waals surface area contributed by atoms with E-state index in [-0.39, 0.29) is 0 Å². The van der Waals surface area contributed by atoms with Crippen LogP contribution in [0, 0.1) is 0 Å². The number of hydrogen-bond donors (Lipinski definition) is 2. The van der Waals surface area contributed by atoms with Crippen LogP contribution in [0.3, 0.4) is 0 Å². The van der Waals surface area contributed by atoms with E-state index in [9.17, 15) is 0 Å². The second kappa shape index (κ2) is 10.1. The Hall–Kier alpha value is -3.35. The molecule has 2 N–H and O–H groups in total. The number of guanidine groups is 1. The minimum atomic E-state index is 0.583. The summed E-state index contributed by atoms with van der Waals surface area (Å²) in [6, 6.07) is 16.2. The van der Waals surface area contributed by atoms with Crippen molar-refractivity contribution in [3.63, 3.8) is 0 Å². The van der Waals surface area contributed by atoms with Crippen molar-refractivity contribution in [1.29, 1.82) is 0 Å². The van der Waals surface area contributed by atoms with Gasteiger partial charge in [0.1, 0.15) is 18.4 Å². The summed E-state index contributed by atoms with van der Waals surface area (Å²) in [4.78, 5) is 8.65. The van der Waals surface area contributed by atoms with Gasteiger partial charge in [0.15, 0.2) is 5.96 Å².